The second-order valence-corrected chi connectivity index (χ2v) is 5.04. The number of benzene rings is 1. The zero-order chi connectivity index (χ0) is 14.4. The largest absolute Gasteiger partial charge is 0.372 e. The number of piperazine rings is 1. The number of nitrogens with zero attached hydrogens (tertiary/aromatic N) is 1. The Hall–Kier alpha value is -1.39. The van der Waals surface area contributed by atoms with Crippen LogP contribution in [0.25, 0.3) is 0 Å². The van der Waals surface area contributed by atoms with Crippen LogP contribution in [0.5, 0.6) is 0 Å². The molecule has 0 radical (unpaired) electrons. The summed E-state index contributed by atoms with van der Waals surface area (Å²) < 4.78 is 5.26. The fourth-order valence-electron chi connectivity index (χ4n) is 2.55. The van der Waals surface area contributed by atoms with Crippen molar-refractivity contribution >= 4 is 5.91 Å². The van der Waals surface area contributed by atoms with Crippen LogP contribution in [0, 0.1) is 0 Å². The Labute approximate surface area is 121 Å². The third-order valence-corrected chi connectivity index (χ3v) is 3.77. The van der Waals surface area contributed by atoms with E-state index in [9.17, 15) is 4.79 Å². The molecule has 1 unspecified atom stereocenters. The SMILES string of the molecule is CCOCC(=O)N1CCNCC1c1ccc(CC)cc1. The van der Waals surface area contributed by atoms with E-state index in [2.05, 4.69) is 36.5 Å². The Morgan fingerprint density at radius 1 is 1.35 bits per heavy atom. The number of amides is 1. The molecule has 1 N–H and O–H groups in total. The topological polar surface area (TPSA) is 41.6 Å². The molecule has 1 saturated heterocycles. The number of aryl methyl sites for hydroxylation is 1. The van der Waals surface area contributed by atoms with E-state index >= 15 is 0 Å². The molecule has 1 heterocycles. The monoisotopic (exact) mass is 276 g/mol. The molecule has 0 spiro atoms. The zero-order valence-electron chi connectivity index (χ0n) is 12.4. The van der Waals surface area contributed by atoms with Gasteiger partial charge in [0.05, 0.1) is 6.04 Å². The maximum atomic E-state index is 12.2. The number of nitrogens with one attached hydrogen (secondary N) is 1. The molecular formula is C16H24N2O2. The first-order valence-electron chi connectivity index (χ1n) is 7.43. The van der Waals surface area contributed by atoms with Gasteiger partial charge in [0.1, 0.15) is 6.61 Å². The second kappa shape index (κ2) is 7.41. The predicted octanol–water partition coefficient (Wildman–Crippen LogP) is 1.76. The molecule has 0 aliphatic carbocycles. The third kappa shape index (κ3) is 3.58. The highest BCUT2D eigenvalue weighted by Crippen LogP contribution is 2.23. The fourth-order valence-corrected chi connectivity index (χ4v) is 2.55. The van der Waals surface area contributed by atoms with Crippen molar-refractivity contribution < 1.29 is 9.53 Å². The average molecular weight is 276 g/mol. The smallest absolute Gasteiger partial charge is 0.249 e. The molecule has 1 fully saturated rings. The van der Waals surface area contributed by atoms with Gasteiger partial charge in [0, 0.05) is 26.2 Å². The maximum Gasteiger partial charge on any atom is 0.249 e. The molecular weight excluding hydrogens is 252 g/mol. The lowest BCUT2D eigenvalue weighted by molar-refractivity contribution is -0.139. The van der Waals surface area contributed by atoms with Crippen LogP contribution in [-0.2, 0) is 16.0 Å². The van der Waals surface area contributed by atoms with Gasteiger partial charge in [-0.1, -0.05) is 31.2 Å². The Bertz CT molecular complexity index is 431. The molecule has 1 aromatic rings. The highest BCUT2D eigenvalue weighted by Gasteiger charge is 2.27. The number of rotatable bonds is 5. The summed E-state index contributed by atoms with van der Waals surface area (Å²) in [5, 5.41) is 3.37. The van der Waals surface area contributed by atoms with Crippen LogP contribution in [0.1, 0.15) is 31.0 Å². The first-order chi connectivity index (χ1) is 9.76. The van der Waals surface area contributed by atoms with E-state index in [1.54, 1.807) is 0 Å². The Morgan fingerprint density at radius 2 is 2.10 bits per heavy atom. The van der Waals surface area contributed by atoms with Crippen LogP contribution in [0.15, 0.2) is 24.3 Å². The highest BCUT2D eigenvalue weighted by atomic mass is 16.5. The third-order valence-electron chi connectivity index (χ3n) is 3.77. The molecule has 1 amide bonds. The second-order valence-electron chi connectivity index (χ2n) is 5.04. The molecule has 1 aliphatic heterocycles. The Kier molecular flexibility index (Phi) is 5.56. The average Bonchev–Trinajstić information content (AvgIpc) is 2.52. The van der Waals surface area contributed by atoms with E-state index in [0.717, 1.165) is 26.1 Å². The van der Waals surface area contributed by atoms with Gasteiger partial charge in [0.15, 0.2) is 0 Å². The summed E-state index contributed by atoms with van der Waals surface area (Å²) in [5.74, 6) is 0.0814. The number of ether oxygens (including phenoxy) is 1. The lowest BCUT2D eigenvalue weighted by atomic mass is 10.0. The summed E-state index contributed by atoms with van der Waals surface area (Å²) >= 11 is 0. The minimum Gasteiger partial charge on any atom is -0.372 e. The van der Waals surface area contributed by atoms with Crippen LogP contribution < -0.4 is 5.32 Å². The van der Waals surface area contributed by atoms with Crippen molar-refractivity contribution in [3.8, 4) is 0 Å². The Morgan fingerprint density at radius 3 is 2.75 bits per heavy atom. The highest BCUT2D eigenvalue weighted by molar-refractivity contribution is 5.78. The summed E-state index contributed by atoms with van der Waals surface area (Å²) in [6, 6.07) is 8.68. The molecule has 1 aromatic carbocycles. The molecule has 2 rings (SSSR count). The van der Waals surface area contributed by atoms with Crippen LogP contribution in [0.3, 0.4) is 0 Å². The van der Waals surface area contributed by atoms with Crippen molar-refractivity contribution in [3.63, 3.8) is 0 Å². The molecule has 1 aliphatic rings. The molecule has 0 bridgehead atoms. The quantitative estimate of drug-likeness (QED) is 0.891. The predicted molar refractivity (Wildman–Crippen MR) is 79.6 cm³/mol. The molecule has 0 saturated carbocycles. The van der Waals surface area contributed by atoms with Crippen LogP contribution in [0.2, 0.25) is 0 Å². The van der Waals surface area contributed by atoms with E-state index < -0.39 is 0 Å². The van der Waals surface area contributed by atoms with Crippen LogP contribution in [0.4, 0.5) is 0 Å². The number of hydrogen-bond acceptors (Lipinski definition) is 3. The number of hydrogen-bond donors (Lipinski definition) is 1. The van der Waals surface area contributed by atoms with Gasteiger partial charge in [-0.05, 0) is 24.5 Å². The van der Waals surface area contributed by atoms with Gasteiger partial charge in [-0.2, -0.15) is 0 Å². The first kappa shape index (κ1) is 15.0. The summed E-state index contributed by atoms with van der Waals surface area (Å²) in [7, 11) is 0. The zero-order valence-corrected chi connectivity index (χ0v) is 12.4. The fraction of sp³-hybridized carbons (Fsp3) is 0.562. The summed E-state index contributed by atoms with van der Waals surface area (Å²) in [6.07, 6.45) is 1.04. The molecule has 4 heteroatoms. The summed E-state index contributed by atoms with van der Waals surface area (Å²) in [5.41, 5.74) is 2.52. The summed E-state index contributed by atoms with van der Waals surface area (Å²) in [6.45, 7) is 7.21. The lowest BCUT2D eigenvalue weighted by Crippen LogP contribution is -2.49. The summed E-state index contributed by atoms with van der Waals surface area (Å²) in [4.78, 5) is 14.2. The van der Waals surface area contributed by atoms with E-state index in [-0.39, 0.29) is 18.6 Å². The van der Waals surface area contributed by atoms with Gasteiger partial charge < -0.3 is 15.0 Å². The molecule has 1 atom stereocenters. The van der Waals surface area contributed by atoms with Crippen molar-refractivity contribution in [2.45, 2.75) is 26.3 Å². The number of carbonyl (C=O) groups excluding carboxylic acids is 1. The Balaban J connectivity index is 2.10. The van der Waals surface area contributed by atoms with Crippen LogP contribution in [-0.4, -0.2) is 43.7 Å². The minimum atomic E-state index is 0.0814. The van der Waals surface area contributed by atoms with Crippen molar-refractivity contribution in [3.05, 3.63) is 35.4 Å². The standard InChI is InChI=1S/C16H24N2O2/c1-3-13-5-7-14(8-6-13)15-11-17-9-10-18(15)16(19)12-20-4-2/h5-8,15,17H,3-4,9-12H2,1-2H3. The van der Waals surface area contributed by atoms with E-state index in [4.69, 9.17) is 4.74 Å². The van der Waals surface area contributed by atoms with E-state index in [1.165, 1.54) is 11.1 Å². The van der Waals surface area contributed by atoms with Gasteiger partial charge in [-0.3, -0.25) is 4.79 Å². The first-order valence-corrected chi connectivity index (χ1v) is 7.43. The maximum absolute atomic E-state index is 12.2. The van der Waals surface area contributed by atoms with Crippen molar-refractivity contribution in [1.29, 1.82) is 0 Å². The van der Waals surface area contributed by atoms with Crippen molar-refractivity contribution in [2.75, 3.05) is 32.8 Å². The number of carbonyl (C=O) groups is 1. The minimum absolute atomic E-state index is 0.0814. The molecule has 0 aromatic heterocycles. The lowest BCUT2D eigenvalue weighted by Gasteiger charge is -2.36. The van der Waals surface area contributed by atoms with E-state index in [1.807, 2.05) is 11.8 Å². The normalized spacial score (nSPS) is 19.1. The molecule has 20 heavy (non-hydrogen) atoms. The van der Waals surface area contributed by atoms with Gasteiger partial charge >= 0.3 is 0 Å². The van der Waals surface area contributed by atoms with Gasteiger partial charge in [0.2, 0.25) is 5.91 Å². The molecule has 110 valence electrons. The van der Waals surface area contributed by atoms with Crippen molar-refractivity contribution in [2.24, 2.45) is 0 Å². The van der Waals surface area contributed by atoms with Crippen molar-refractivity contribution in [1.82, 2.24) is 10.2 Å². The van der Waals surface area contributed by atoms with Crippen LogP contribution >= 0.6 is 0 Å². The van der Waals surface area contributed by atoms with Gasteiger partial charge in [0.25, 0.3) is 0 Å². The molecule has 4 nitrogen and oxygen atoms in total. The van der Waals surface area contributed by atoms with E-state index in [0.29, 0.717) is 6.61 Å². The van der Waals surface area contributed by atoms with Gasteiger partial charge in [-0.25, -0.2) is 0 Å². The van der Waals surface area contributed by atoms with Gasteiger partial charge in [-0.15, -0.1) is 0 Å².